The number of rotatable bonds is 7. The lowest BCUT2D eigenvalue weighted by molar-refractivity contribution is -0.121. The van der Waals surface area contributed by atoms with Crippen molar-refractivity contribution in [3.05, 3.63) is 59.2 Å². The normalized spacial score (nSPS) is 13.0. The van der Waals surface area contributed by atoms with E-state index in [1.165, 1.54) is 0 Å². The van der Waals surface area contributed by atoms with Gasteiger partial charge in [0.15, 0.2) is 11.5 Å². The predicted molar refractivity (Wildman–Crippen MR) is 101 cm³/mol. The number of carbonyl (C=O) groups excluding carboxylic acids is 1. The van der Waals surface area contributed by atoms with Gasteiger partial charge in [0.05, 0.1) is 12.8 Å². The van der Waals surface area contributed by atoms with Crippen molar-refractivity contribution in [2.45, 2.75) is 20.0 Å². The number of benzene rings is 2. The summed E-state index contributed by atoms with van der Waals surface area (Å²) in [5.41, 5.74) is 2.72. The number of carbonyl (C=O) groups is 1. The summed E-state index contributed by atoms with van der Waals surface area (Å²) in [6.45, 7) is 2.31. The van der Waals surface area contributed by atoms with E-state index in [1.807, 2.05) is 37.3 Å². The number of aryl methyl sites for hydroxylation is 1. The van der Waals surface area contributed by atoms with Gasteiger partial charge in [-0.1, -0.05) is 35.9 Å². The average Bonchev–Trinajstić information content (AvgIpc) is 3.06. The number of hydrogen-bond donors (Lipinski definition) is 1. The van der Waals surface area contributed by atoms with Crippen LogP contribution in [0, 0.1) is 6.92 Å². The van der Waals surface area contributed by atoms with Gasteiger partial charge in [0, 0.05) is 13.1 Å². The zero-order valence-corrected chi connectivity index (χ0v) is 16.1. The standard InChI is InChI=1S/C19H22N2O5S/c1-14-4-3-5-16(8-14)11-21(27(2,23)24)12-19(22)20-10-15-6-7-17-18(9-15)26-13-25-17/h3-9H,10-13H2,1-2H3,(H,20,22). The zero-order chi connectivity index (χ0) is 19.4. The molecule has 7 nitrogen and oxygen atoms in total. The Morgan fingerprint density at radius 2 is 1.89 bits per heavy atom. The monoisotopic (exact) mass is 390 g/mol. The van der Waals surface area contributed by atoms with Crippen molar-refractivity contribution in [3.63, 3.8) is 0 Å². The summed E-state index contributed by atoms with van der Waals surface area (Å²) in [7, 11) is -3.53. The number of nitrogens with one attached hydrogen (secondary N) is 1. The number of sulfonamides is 1. The smallest absolute Gasteiger partial charge is 0.235 e. The van der Waals surface area contributed by atoms with Gasteiger partial charge in [0.2, 0.25) is 22.7 Å². The first-order valence-corrected chi connectivity index (χ1v) is 10.3. The maximum Gasteiger partial charge on any atom is 0.235 e. The number of amides is 1. The van der Waals surface area contributed by atoms with Gasteiger partial charge in [-0.15, -0.1) is 0 Å². The van der Waals surface area contributed by atoms with Crippen LogP contribution in [0.3, 0.4) is 0 Å². The molecule has 1 aliphatic heterocycles. The molecule has 3 rings (SSSR count). The van der Waals surface area contributed by atoms with E-state index in [0.717, 1.165) is 27.3 Å². The number of nitrogens with zero attached hydrogens (tertiary/aromatic N) is 1. The molecule has 1 heterocycles. The summed E-state index contributed by atoms with van der Waals surface area (Å²) in [6, 6.07) is 13.0. The van der Waals surface area contributed by atoms with Crippen molar-refractivity contribution < 1.29 is 22.7 Å². The van der Waals surface area contributed by atoms with Crippen LogP contribution in [0.25, 0.3) is 0 Å². The summed E-state index contributed by atoms with van der Waals surface area (Å²) in [4.78, 5) is 12.3. The fraction of sp³-hybridized carbons (Fsp3) is 0.316. The number of fused-ring (bicyclic) bond motifs is 1. The molecule has 0 spiro atoms. The molecule has 0 aromatic heterocycles. The van der Waals surface area contributed by atoms with Gasteiger partial charge < -0.3 is 14.8 Å². The summed E-state index contributed by atoms with van der Waals surface area (Å²) >= 11 is 0. The third-order valence-electron chi connectivity index (χ3n) is 4.16. The van der Waals surface area contributed by atoms with Crippen LogP contribution in [0.5, 0.6) is 11.5 Å². The SMILES string of the molecule is Cc1cccc(CN(CC(=O)NCc2ccc3c(c2)OCO3)S(C)(=O)=O)c1. The van der Waals surface area contributed by atoms with E-state index in [2.05, 4.69) is 5.32 Å². The van der Waals surface area contributed by atoms with Crippen LogP contribution in [0.2, 0.25) is 0 Å². The van der Waals surface area contributed by atoms with Gasteiger partial charge in [-0.25, -0.2) is 8.42 Å². The Morgan fingerprint density at radius 1 is 1.11 bits per heavy atom. The van der Waals surface area contributed by atoms with E-state index < -0.39 is 10.0 Å². The lowest BCUT2D eigenvalue weighted by atomic mass is 10.1. The molecule has 1 N–H and O–H groups in total. The van der Waals surface area contributed by atoms with Crippen LogP contribution >= 0.6 is 0 Å². The third kappa shape index (κ3) is 5.21. The van der Waals surface area contributed by atoms with Crippen LogP contribution in [-0.2, 0) is 27.9 Å². The minimum atomic E-state index is -3.53. The second-order valence-electron chi connectivity index (χ2n) is 6.48. The van der Waals surface area contributed by atoms with Crippen LogP contribution < -0.4 is 14.8 Å². The van der Waals surface area contributed by atoms with E-state index >= 15 is 0 Å². The van der Waals surface area contributed by atoms with Crippen molar-refractivity contribution in [3.8, 4) is 11.5 Å². The van der Waals surface area contributed by atoms with Gasteiger partial charge in [-0.3, -0.25) is 4.79 Å². The topological polar surface area (TPSA) is 84.9 Å². The molecular formula is C19H22N2O5S. The Hall–Kier alpha value is -2.58. The quantitative estimate of drug-likeness (QED) is 0.779. The largest absolute Gasteiger partial charge is 0.454 e. The molecule has 8 heteroatoms. The molecule has 0 radical (unpaired) electrons. The Morgan fingerprint density at radius 3 is 2.63 bits per heavy atom. The Bertz CT molecular complexity index is 943. The lowest BCUT2D eigenvalue weighted by Crippen LogP contribution is -2.39. The van der Waals surface area contributed by atoms with E-state index in [-0.39, 0.29) is 32.3 Å². The van der Waals surface area contributed by atoms with Crippen LogP contribution in [-0.4, -0.2) is 38.2 Å². The Balaban J connectivity index is 1.61. The molecule has 1 aliphatic rings. The van der Waals surface area contributed by atoms with Crippen LogP contribution in [0.4, 0.5) is 0 Å². The van der Waals surface area contributed by atoms with Gasteiger partial charge in [-0.2, -0.15) is 4.31 Å². The molecule has 2 aromatic rings. The first-order valence-electron chi connectivity index (χ1n) is 8.47. The maximum absolute atomic E-state index is 12.3. The fourth-order valence-electron chi connectivity index (χ4n) is 2.77. The number of ether oxygens (including phenoxy) is 2. The van der Waals surface area contributed by atoms with Crippen molar-refractivity contribution in [1.82, 2.24) is 9.62 Å². The summed E-state index contributed by atoms with van der Waals surface area (Å²) < 4.78 is 35.9. The molecule has 0 bridgehead atoms. The molecule has 2 aromatic carbocycles. The molecule has 144 valence electrons. The molecule has 0 atom stereocenters. The Kier molecular flexibility index (Phi) is 5.67. The van der Waals surface area contributed by atoms with Gasteiger partial charge >= 0.3 is 0 Å². The van der Waals surface area contributed by atoms with E-state index in [9.17, 15) is 13.2 Å². The van der Waals surface area contributed by atoms with Gasteiger partial charge in [0.1, 0.15) is 0 Å². The molecule has 0 saturated heterocycles. The highest BCUT2D eigenvalue weighted by Gasteiger charge is 2.21. The molecule has 0 aliphatic carbocycles. The second-order valence-corrected chi connectivity index (χ2v) is 8.47. The highest BCUT2D eigenvalue weighted by molar-refractivity contribution is 7.88. The van der Waals surface area contributed by atoms with Crippen molar-refractivity contribution in [2.24, 2.45) is 0 Å². The molecular weight excluding hydrogens is 368 g/mol. The maximum atomic E-state index is 12.3. The highest BCUT2D eigenvalue weighted by atomic mass is 32.2. The van der Waals surface area contributed by atoms with E-state index in [1.54, 1.807) is 12.1 Å². The fourth-order valence-corrected chi connectivity index (χ4v) is 3.51. The first kappa shape index (κ1) is 19.2. The minimum absolute atomic E-state index is 0.151. The third-order valence-corrected chi connectivity index (χ3v) is 5.35. The second kappa shape index (κ2) is 7.98. The molecule has 0 fully saturated rings. The first-order chi connectivity index (χ1) is 12.8. The van der Waals surface area contributed by atoms with Crippen LogP contribution in [0.15, 0.2) is 42.5 Å². The molecule has 27 heavy (non-hydrogen) atoms. The van der Waals surface area contributed by atoms with Crippen molar-refractivity contribution >= 4 is 15.9 Å². The Labute approximate surface area is 158 Å². The van der Waals surface area contributed by atoms with Crippen LogP contribution in [0.1, 0.15) is 16.7 Å². The predicted octanol–water partition coefficient (Wildman–Crippen LogP) is 1.80. The van der Waals surface area contributed by atoms with E-state index in [4.69, 9.17) is 9.47 Å². The summed E-state index contributed by atoms with van der Waals surface area (Å²) in [5, 5.41) is 2.75. The molecule has 1 amide bonds. The van der Waals surface area contributed by atoms with Crippen molar-refractivity contribution in [1.29, 1.82) is 0 Å². The van der Waals surface area contributed by atoms with Gasteiger partial charge in [0.25, 0.3) is 0 Å². The molecule has 0 saturated carbocycles. The highest BCUT2D eigenvalue weighted by Crippen LogP contribution is 2.32. The zero-order valence-electron chi connectivity index (χ0n) is 15.3. The average molecular weight is 390 g/mol. The summed E-state index contributed by atoms with van der Waals surface area (Å²) in [6.07, 6.45) is 1.11. The molecule has 0 unspecified atom stereocenters. The van der Waals surface area contributed by atoms with Crippen molar-refractivity contribution in [2.75, 3.05) is 19.6 Å². The lowest BCUT2D eigenvalue weighted by Gasteiger charge is -2.20. The van der Waals surface area contributed by atoms with Gasteiger partial charge in [-0.05, 0) is 30.2 Å². The number of hydrogen-bond acceptors (Lipinski definition) is 5. The minimum Gasteiger partial charge on any atom is -0.454 e. The van der Waals surface area contributed by atoms with E-state index in [0.29, 0.717) is 11.5 Å². The summed E-state index contributed by atoms with van der Waals surface area (Å²) in [5.74, 6) is 0.941.